The number of sulfonamides is 1. The fourth-order valence-electron chi connectivity index (χ4n) is 2.26. The molecule has 0 saturated heterocycles. The summed E-state index contributed by atoms with van der Waals surface area (Å²) >= 11 is 0. The zero-order valence-corrected chi connectivity index (χ0v) is 16.0. The van der Waals surface area contributed by atoms with Crippen LogP contribution in [0.15, 0.2) is 54.6 Å². The Kier molecular flexibility index (Phi) is 6.63. The van der Waals surface area contributed by atoms with E-state index in [2.05, 4.69) is 5.32 Å². The molecule has 0 heterocycles. The van der Waals surface area contributed by atoms with Crippen molar-refractivity contribution >= 4 is 21.6 Å². The zero-order chi connectivity index (χ0) is 19.2. The summed E-state index contributed by atoms with van der Waals surface area (Å²) in [6.07, 6.45) is 1.86. The molecule has 0 aliphatic carbocycles. The molecule has 26 heavy (non-hydrogen) atoms. The second kappa shape index (κ2) is 8.71. The van der Waals surface area contributed by atoms with Gasteiger partial charge in [-0.25, -0.2) is 8.42 Å². The van der Waals surface area contributed by atoms with Gasteiger partial charge in [-0.1, -0.05) is 25.1 Å². The van der Waals surface area contributed by atoms with Crippen LogP contribution < -0.4 is 14.4 Å². The van der Waals surface area contributed by atoms with Gasteiger partial charge in [0.25, 0.3) is 0 Å². The number of ether oxygens (including phenoxy) is 1. The van der Waals surface area contributed by atoms with Crippen LogP contribution >= 0.6 is 0 Å². The van der Waals surface area contributed by atoms with E-state index in [1.165, 1.54) is 0 Å². The molecule has 1 atom stereocenters. The lowest BCUT2D eigenvalue weighted by atomic mass is 10.2. The molecule has 0 aliphatic rings. The van der Waals surface area contributed by atoms with Gasteiger partial charge in [-0.05, 0) is 49.7 Å². The molecule has 6 nitrogen and oxygen atoms in total. The van der Waals surface area contributed by atoms with E-state index in [-0.39, 0.29) is 18.5 Å². The van der Waals surface area contributed by atoms with E-state index in [1.807, 2.05) is 44.2 Å². The SMILES string of the molecule is CCC(C)NC(=O)CN(c1ccc(Oc2ccccc2)cc1)S(C)(=O)=O. The van der Waals surface area contributed by atoms with E-state index >= 15 is 0 Å². The number of nitrogens with one attached hydrogen (secondary N) is 1. The van der Waals surface area contributed by atoms with Crippen LogP contribution in [0.3, 0.4) is 0 Å². The van der Waals surface area contributed by atoms with Crippen molar-refractivity contribution in [2.24, 2.45) is 0 Å². The molecular weight excluding hydrogens is 352 g/mol. The minimum absolute atomic E-state index is 0.00874. The molecule has 7 heteroatoms. The highest BCUT2D eigenvalue weighted by Crippen LogP contribution is 2.25. The molecule has 0 saturated carbocycles. The van der Waals surface area contributed by atoms with Crippen LogP contribution in [0, 0.1) is 0 Å². The Labute approximate surface area is 154 Å². The van der Waals surface area contributed by atoms with Gasteiger partial charge < -0.3 is 10.1 Å². The van der Waals surface area contributed by atoms with E-state index in [4.69, 9.17) is 4.74 Å². The summed E-state index contributed by atoms with van der Waals surface area (Å²) in [5.41, 5.74) is 0.409. The molecule has 1 N–H and O–H groups in total. The van der Waals surface area contributed by atoms with E-state index in [0.717, 1.165) is 17.0 Å². The average Bonchev–Trinajstić information content (AvgIpc) is 2.60. The van der Waals surface area contributed by atoms with Gasteiger partial charge in [0, 0.05) is 6.04 Å². The van der Waals surface area contributed by atoms with Crippen molar-refractivity contribution in [1.82, 2.24) is 5.32 Å². The largest absolute Gasteiger partial charge is 0.457 e. The topological polar surface area (TPSA) is 75.7 Å². The summed E-state index contributed by atoms with van der Waals surface area (Å²) in [6.45, 7) is 3.56. The van der Waals surface area contributed by atoms with Gasteiger partial charge in [0.2, 0.25) is 15.9 Å². The summed E-state index contributed by atoms with van der Waals surface area (Å²) in [5.74, 6) is 0.931. The molecule has 1 unspecified atom stereocenters. The Morgan fingerprint density at radius 1 is 1.08 bits per heavy atom. The smallest absolute Gasteiger partial charge is 0.240 e. The van der Waals surface area contributed by atoms with Gasteiger partial charge >= 0.3 is 0 Å². The highest BCUT2D eigenvalue weighted by Gasteiger charge is 2.21. The summed E-state index contributed by atoms with van der Waals surface area (Å²) < 4.78 is 31.0. The average molecular weight is 376 g/mol. The molecule has 2 aromatic carbocycles. The van der Waals surface area contributed by atoms with Crippen LogP contribution in [0.25, 0.3) is 0 Å². The van der Waals surface area contributed by atoms with Crippen molar-refractivity contribution < 1.29 is 17.9 Å². The minimum atomic E-state index is -3.60. The quantitative estimate of drug-likeness (QED) is 0.768. The van der Waals surface area contributed by atoms with Gasteiger partial charge in [0.05, 0.1) is 11.9 Å². The summed E-state index contributed by atoms with van der Waals surface area (Å²) in [6, 6.07) is 15.9. The van der Waals surface area contributed by atoms with Gasteiger partial charge in [-0.2, -0.15) is 0 Å². The van der Waals surface area contributed by atoms with Crippen LogP contribution in [0.2, 0.25) is 0 Å². The Morgan fingerprint density at radius 3 is 2.19 bits per heavy atom. The van der Waals surface area contributed by atoms with Crippen molar-refractivity contribution in [2.45, 2.75) is 26.3 Å². The van der Waals surface area contributed by atoms with Crippen molar-refractivity contribution in [3.05, 3.63) is 54.6 Å². The number of benzene rings is 2. The van der Waals surface area contributed by atoms with Crippen molar-refractivity contribution in [1.29, 1.82) is 0 Å². The Balaban J connectivity index is 2.14. The number of rotatable bonds is 8. The van der Waals surface area contributed by atoms with Crippen molar-refractivity contribution in [2.75, 3.05) is 17.1 Å². The summed E-state index contributed by atoms with van der Waals surface area (Å²) in [5, 5.41) is 2.78. The molecule has 140 valence electrons. The number of carbonyl (C=O) groups is 1. The second-order valence-electron chi connectivity index (χ2n) is 6.06. The maximum atomic E-state index is 12.1. The third-order valence-corrected chi connectivity index (χ3v) is 4.95. The molecule has 0 radical (unpaired) electrons. The molecule has 0 aliphatic heterocycles. The number of hydrogen-bond acceptors (Lipinski definition) is 4. The predicted molar refractivity (Wildman–Crippen MR) is 103 cm³/mol. The lowest BCUT2D eigenvalue weighted by Gasteiger charge is -2.23. The molecule has 2 rings (SSSR count). The molecule has 2 aromatic rings. The normalized spacial score (nSPS) is 12.3. The van der Waals surface area contributed by atoms with Gasteiger partial charge in [0.15, 0.2) is 0 Å². The monoisotopic (exact) mass is 376 g/mol. The Bertz CT molecular complexity index is 820. The first-order valence-corrected chi connectivity index (χ1v) is 10.2. The maximum Gasteiger partial charge on any atom is 0.240 e. The van der Waals surface area contributed by atoms with Gasteiger partial charge in [-0.3, -0.25) is 9.10 Å². The van der Waals surface area contributed by atoms with Crippen LogP contribution in [-0.4, -0.2) is 33.2 Å². The first-order chi connectivity index (χ1) is 12.3. The fourth-order valence-corrected chi connectivity index (χ4v) is 3.11. The fraction of sp³-hybridized carbons (Fsp3) is 0.316. The van der Waals surface area contributed by atoms with Crippen molar-refractivity contribution in [3.63, 3.8) is 0 Å². The number of nitrogens with zero attached hydrogens (tertiary/aromatic N) is 1. The van der Waals surface area contributed by atoms with E-state index < -0.39 is 10.0 Å². The third kappa shape index (κ3) is 5.77. The molecular formula is C19H24N2O4S. The number of amides is 1. The lowest BCUT2D eigenvalue weighted by Crippen LogP contribution is -2.43. The highest BCUT2D eigenvalue weighted by molar-refractivity contribution is 7.92. The Morgan fingerprint density at radius 2 is 1.65 bits per heavy atom. The summed E-state index contributed by atoms with van der Waals surface area (Å²) in [4.78, 5) is 12.1. The van der Waals surface area contributed by atoms with Crippen LogP contribution in [-0.2, 0) is 14.8 Å². The van der Waals surface area contributed by atoms with E-state index in [1.54, 1.807) is 24.3 Å². The standard InChI is InChI=1S/C19H24N2O4S/c1-4-15(2)20-19(22)14-21(26(3,23)24)16-10-12-18(13-11-16)25-17-8-6-5-7-9-17/h5-13,15H,4,14H2,1-3H3,(H,20,22). The van der Waals surface area contributed by atoms with Crippen LogP contribution in [0.5, 0.6) is 11.5 Å². The minimum Gasteiger partial charge on any atom is -0.457 e. The molecule has 0 bridgehead atoms. The van der Waals surface area contributed by atoms with E-state index in [9.17, 15) is 13.2 Å². The second-order valence-corrected chi connectivity index (χ2v) is 7.96. The number of anilines is 1. The zero-order valence-electron chi connectivity index (χ0n) is 15.2. The Hall–Kier alpha value is -2.54. The van der Waals surface area contributed by atoms with E-state index in [0.29, 0.717) is 17.2 Å². The lowest BCUT2D eigenvalue weighted by molar-refractivity contribution is -0.120. The van der Waals surface area contributed by atoms with Crippen LogP contribution in [0.4, 0.5) is 5.69 Å². The van der Waals surface area contributed by atoms with Gasteiger partial charge in [0.1, 0.15) is 18.0 Å². The number of hydrogen-bond donors (Lipinski definition) is 1. The molecule has 0 fully saturated rings. The molecule has 0 spiro atoms. The highest BCUT2D eigenvalue weighted by atomic mass is 32.2. The predicted octanol–water partition coefficient (Wildman–Crippen LogP) is 3.16. The number of carbonyl (C=O) groups excluding carboxylic acids is 1. The molecule has 0 aromatic heterocycles. The molecule has 1 amide bonds. The first kappa shape index (κ1) is 19.8. The van der Waals surface area contributed by atoms with Gasteiger partial charge in [-0.15, -0.1) is 0 Å². The summed E-state index contributed by atoms with van der Waals surface area (Å²) in [7, 11) is -3.60. The number of para-hydroxylation sites is 1. The van der Waals surface area contributed by atoms with Crippen molar-refractivity contribution in [3.8, 4) is 11.5 Å². The first-order valence-electron chi connectivity index (χ1n) is 8.39. The maximum absolute atomic E-state index is 12.1. The van der Waals surface area contributed by atoms with Crippen LogP contribution in [0.1, 0.15) is 20.3 Å². The third-order valence-electron chi connectivity index (χ3n) is 3.81.